The van der Waals surface area contributed by atoms with Crippen molar-refractivity contribution in [2.75, 3.05) is 39.4 Å². The van der Waals surface area contributed by atoms with Crippen LogP contribution in [0.2, 0.25) is 0 Å². The summed E-state index contributed by atoms with van der Waals surface area (Å²) in [6, 6.07) is 8.35. The van der Waals surface area contributed by atoms with Crippen molar-refractivity contribution in [2.24, 2.45) is 5.92 Å². The Morgan fingerprint density at radius 2 is 1.73 bits per heavy atom. The predicted octanol–water partition coefficient (Wildman–Crippen LogP) is 2.20. The molecule has 5 nitrogen and oxygen atoms in total. The minimum atomic E-state index is -0.0513. The number of carbonyl (C=O) groups is 2. The molecule has 0 aromatic heterocycles. The second kappa shape index (κ2) is 7.78. The monoisotopic (exact) mass is 356 g/mol. The highest BCUT2D eigenvalue weighted by atomic mass is 16.5. The molecule has 1 aromatic carbocycles. The van der Waals surface area contributed by atoms with E-state index in [9.17, 15) is 9.59 Å². The van der Waals surface area contributed by atoms with Crippen molar-refractivity contribution in [2.45, 2.75) is 38.0 Å². The van der Waals surface area contributed by atoms with E-state index in [0.717, 1.165) is 38.6 Å². The Morgan fingerprint density at radius 1 is 0.923 bits per heavy atom. The van der Waals surface area contributed by atoms with Gasteiger partial charge in [-0.25, -0.2) is 0 Å². The van der Waals surface area contributed by atoms with Crippen LogP contribution < -0.4 is 0 Å². The Kier molecular flexibility index (Phi) is 5.25. The first-order valence-electron chi connectivity index (χ1n) is 9.97. The molecule has 2 saturated heterocycles. The van der Waals surface area contributed by atoms with E-state index in [0.29, 0.717) is 32.8 Å². The number of hydrogen-bond acceptors (Lipinski definition) is 3. The smallest absolute Gasteiger partial charge is 0.230 e. The van der Waals surface area contributed by atoms with Gasteiger partial charge in [0.25, 0.3) is 0 Å². The van der Waals surface area contributed by atoms with E-state index in [1.54, 1.807) is 0 Å². The number of ether oxygens (including phenoxy) is 1. The fourth-order valence-corrected chi connectivity index (χ4v) is 4.65. The summed E-state index contributed by atoms with van der Waals surface area (Å²) in [5, 5.41) is 0. The first-order chi connectivity index (χ1) is 12.7. The molecule has 1 aliphatic carbocycles. The first kappa shape index (κ1) is 17.5. The molecular weight excluding hydrogens is 328 g/mol. The van der Waals surface area contributed by atoms with Crippen molar-refractivity contribution in [3.05, 3.63) is 35.4 Å². The molecular formula is C21H28N2O3. The van der Waals surface area contributed by atoms with Gasteiger partial charge >= 0.3 is 0 Å². The average molecular weight is 356 g/mol. The molecule has 2 fully saturated rings. The zero-order valence-corrected chi connectivity index (χ0v) is 15.4. The van der Waals surface area contributed by atoms with E-state index in [4.69, 9.17) is 4.74 Å². The molecule has 2 atom stereocenters. The third-order valence-corrected chi connectivity index (χ3v) is 6.07. The molecule has 5 heteroatoms. The quantitative estimate of drug-likeness (QED) is 0.816. The molecule has 0 radical (unpaired) electrons. The summed E-state index contributed by atoms with van der Waals surface area (Å²) in [5.74, 6) is 0.341. The molecule has 0 spiro atoms. The van der Waals surface area contributed by atoms with E-state index in [1.807, 2.05) is 15.9 Å². The Bertz CT molecular complexity index is 669. The lowest BCUT2D eigenvalue weighted by molar-refractivity contribution is -0.144. The standard InChI is InChI=1S/C21H28N2O3/c24-20(22-11-13-26-14-12-22)17-7-4-10-23(15-17)21(25)19-9-3-6-16-5-1-2-8-18(16)19/h1-2,5,8,17,19H,3-4,6-7,9-15H2/t17-,19-/m1/s1. The van der Waals surface area contributed by atoms with Gasteiger partial charge in [-0.1, -0.05) is 24.3 Å². The summed E-state index contributed by atoms with van der Waals surface area (Å²) in [5.41, 5.74) is 2.51. The van der Waals surface area contributed by atoms with Gasteiger partial charge in [0, 0.05) is 26.2 Å². The number of rotatable bonds is 2. The highest BCUT2D eigenvalue weighted by Gasteiger charge is 2.35. The number of aryl methyl sites for hydroxylation is 1. The molecule has 2 amide bonds. The molecule has 2 aliphatic heterocycles. The fraction of sp³-hybridized carbons (Fsp3) is 0.619. The Hall–Kier alpha value is -1.88. The average Bonchev–Trinajstić information content (AvgIpc) is 2.73. The molecule has 140 valence electrons. The van der Waals surface area contributed by atoms with Crippen LogP contribution in [0.3, 0.4) is 0 Å². The van der Waals surface area contributed by atoms with Crippen molar-refractivity contribution in [3.63, 3.8) is 0 Å². The van der Waals surface area contributed by atoms with Crippen molar-refractivity contribution in [1.82, 2.24) is 9.80 Å². The van der Waals surface area contributed by atoms with Gasteiger partial charge in [0.1, 0.15) is 0 Å². The van der Waals surface area contributed by atoms with Crippen molar-refractivity contribution in [1.29, 1.82) is 0 Å². The zero-order valence-electron chi connectivity index (χ0n) is 15.4. The number of benzene rings is 1. The van der Waals surface area contributed by atoms with Crippen LogP contribution in [0, 0.1) is 5.92 Å². The summed E-state index contributed by atoms with van der Waals surface area (Å²) >= 11 is 0. The van der Waals surface area contributed by atoms with Crippen LogP contribution in [0.25, 0.3) is 0 Å². The number of piperidine rings is 1. The number of hydrogen-bond donors (Lipinski definition) is 0. The third kappa shape index (κ3) is 3.50. The Morgan fingerprint density at radius 3 is 2.58 bits per heavy atom. The maximum absolute atomic E-state index is 13.2. The number of amides is 2. The van der Waals surface area contributed by atoms with Crippen LogP contribution in [-0.2, 0) is 20.7 Å². The van der Waals surface area contributed by atoms with E-state index < -0.39 is 0 Å². The fourth-order valence-electron chi connectivity index (χ4n) is 4.65. The van der Waals surface area contributed by atoms with Crippen LogP contribution in [0.1, 0.15) is 42.7 Å². The Labute approximate surface area is 155 Å². The molecule has 3 aliphatic rings. The highest BCUT2D eigenvalue weighted by Crippen LogP contribution is 2.34. The molecule has 0 N–H and O–H groups in total. The minimum Gasteiger partial charge on any atom is -0.378 e. The second-order valence-electron chi connectivity index (χ2n) is 7.70. The molecule has 1 aromatic rings. The molecule has 26 heavy (non-hydrogen) atoms. The van der Waals surface area contributed by atoms with Crippen molar-refractivity contribution >= 4 is 11.8 Å². The van der Waals surface area contributed by atoms with E-state index in [1.165, 1.54) is 11.1 Å². The number of nitrogens with zero attached hydrogens (tertiary/aromatic N) is 2. The van der Waals surface area contributed by atoms with Gasteiger partial charge in [-0.05, 0) is 43.2 Å². The maximum atomic E-state index is 13.2. The van der Waals surface area contributed by atoms with Crippen LogP contribution >= 0.6 is 0 Å². The van der Waals surface area contributed by atoms with Gasteiger partial charge < -0.3 is 14.5 Å². The van der Waals surface area contributed by atoms with Crippen molar-refractivity contribution < 1.29 is 14.3 Å². The number of fused-ring (bicyclic) bond motifs is 1. The lowest BCUT2D eigenvalue weighted by Gasteiger charge is -2.38. The van der Waals surface area contributed by atoms with Gasteiger partial charge in [0.2, 0.25) is 11.8 Å². The SMILES string of the molecule is O=C([C@@H]1CCCN(C(=O)[C@@H]2CCCc3ccccc32)C1)N1CCOCC1. The van der Waals surface area contributed by atoms with Gasteiger partial charge in [-0.2, -0.15) is 0 Å². The topological polar surface area (TPSA) is 49.9 Å². The lowest BCUT2D eigenvalue weighted by Crippen LogP contribution is -2.50. The van der Waals surface area contributed by atoms with E-state index in [2.05, 4.69) is 18.2 Å². The van der Waals surface area contributed by atoms with Gasteiger partial charge in [-0.15, -0.1) is 0 Å². The lowest BCUT2D eigenvalue weighted by atomic mass is 9.81. The normalized spacial score (nSPS) is 26.3. The minimum absolute atomic E-state index is 0.0304. The highest BCUT2D eigenvalue weighted by molar-refractivity contribution is 5.86. The van der Waals surface area contributed by atoms with Crippen LogP contribution in [0.15, 0.2) is 24.3 Å². The molecule has 0 unspecified atom stereocenters. The van der Waals surface area contributed by atoms with Gasteiger partial charge in [0.05, 0.1) is 25.0 Å². The van der Waals surface area contributed by atoms with E-state index in [-0.39, 0.29) is 23.7 Å². The second-order valence-corrected chi connectivity index (χ2v) is 7.70. The summed E-state index contributed by atoms with van der Waals surface area (Å²) in [6.07, 6.45) is 4.87. The number of morpholine rings is 1. The Balaban J connectivity index is 1.44. The zero-order chi connectivity index (χ0) is 17.9. The van der Waals surface area contributed by atoms with Gasteiger partial charge in [0.15, 0.2) is 0 Å². The summed E-state index contributed by atoms with van der Waals surface area (Å²) in [4.78, 5) is 29.9. The largest absolute Gasteiger partial charge is 0.378 e. The summed E-state index contributed by atoms with van der Waals surface area (Å²) in [6.45, 7) is 3.97. The number of carbonyl (C=O) groups excluding carboxylic acids is 2. The molecule has 2 heterocycles. The summed E-state index contributed by atoms with van der Waals surface area (Å²) in [7, 11) is 0. The number of likely N-dealkylation sites (tertiary alicyclic amines) is 1. The molecule has 0 bridgehead atoms. The first-order valence-corrected chi connectivity index (χ1v) is 9.97. The predicted molar refractivity (Wildman–Crippen MR) is 98.8 cm³/mol. The van der Waals surface area contributed by atoms with Crippen molar-refractivity contribution in [3.8, 4) is 0 Å². The summed E-state index contributed by atoms with van der Waals surface area (Å²) < 4.78 is 5.35. The molecule has 4 rings (SSSR count). The van der Waals surface area contributed by atoms with Gasteiger partial charge in [-0.3, -0.25) is 9.59 Å². The van der Waals surface area contributed by atoms with Crippen LogP contribution in [0.4, 0.5) is 0 Å². The maximum Gasteiger partial charge on any atom is 0.230 e. The van der Waals surface area contributed by atoms with Crippen LogP contribution in [0.5, 0.6) is 0 Å². The van der Waals surface area contributed by atoms with Crippen LogP contribution in [-0.4, -0.2) is 61.0 Å². The third-order valence-electron chi connectivity index (χ3n) is 6.07. The van der Waals surface area contributed by atoms with E-state index >= 15 is 0 Å². The molecule has 0 saturated carbocycles.